The van der Waals surface area contributed by atoms with Gasteiger partial charge in [-0.1, -0.05) is 36.0 Å². The Balaban J connectivity index is 1.98. The second kappa shape index (κ2) is 5.67. The van der Waals surface area contributed by atoms with E-state index in [1.54, 1.807) is 0 Å². The normalized spacial score (nSPS) is 15.7. The van der Waals surface area contributed by atoms with Crippen LogP contribution in [0.5, 0.6) is 5.75 Å². The number of amides is 2. The molecule has 0 heterocycles. The fraction of sp³-hybridized carbons (Fsp3) is 0.417. The van der Waals surface area contributed by atoms with Crippen LogP contribution in [0.15, 0.2) is 12.1 Å². The van der Waals surface area contributed by atoms with Gasteiger partial charge in [0.15, 0.2) is 5.75 Å². The highest BCUT2D eigenvalue weighted by molar-refractivity contribution is 6.37. The lowest BCUT2D eigenvalue weighted by atomic mass is 10.2. The molecule has 0 aliphatic heterocycles. The highest BCUT2D eigenvalue weighted by atomic mass is 35.5. The monoisotopic (exact) mass is 288 g/mol. The minimum Gasteiger partial charge on any atom is -0.505 e. The molecule has 2 amide bonds. The molecule has 6 heteroatoms. The number of hydrogen-bond donors (Lipinski definition) is 3. The van der Waals surface area contributed by atoms with Gasteiger partial charge in [0.05, 0.1) is 10.0 Å². The van der Waals surface area contributed by atoms with Gasteiger partial charge >= 0.3 is 6.03 Å². The maximum absolute atomic E-state index is 11.7. The number of halogens is 2. The molecular formula is C12H14Cl2N2O2. The minimum atomic E-state index is -0.278. The van der Waals surface area contributed by atoms with E-state index in [0.29, 0.717) is 5.69 Å². The molecule has 1 aliphatic rings. The fourth-order valence-electron chi connectivity index (χ4n) is 2.06. The summed E-state index contributed by atoms with van der Waals surface area (Å²) in [6.07, 6.45) is 4.35. The Morgan fingerprint density at radius 1 is 1.22 bits per heavy atom. The number of aromatic hydroxyl groups is 1. The Hall–Kier alpha value is -1.13. The summed E-state index contributed by atoms with van der Waals surface area (Å²) in [7, 11) is 0. The number of phenolic OH excluding ortho intramolecular Hbond substituents is 1. The Labute approximate surface area is 115 Å². The van der Waals surface area contributed by atoms with Crippen LogP contribution in [0.3, 0.4) is 0 Å². The van der Waals surface area contributed by atoms with Crippen molar-refractivity contribution in [3.63, 3.8) is 0 Å². The smallest absolute Gasteiger partial charge is 0.319 e. The predicted molar refractivity (Wildman–Crippen MR) is 72.5 cm³/mol. The van der Waals surface area contributed by atoms with E-state index in [9.17, 15) is 9.90 Å². The van der Waals surface area contributed by atoms with Crippen LogP contribution in [0.25, 0.3) is 0 Å². The topological polar surface area (TPSA) is 61.4 Å². The molecule has 0 bridgehead atoms. The lowest BCUT2D eigenvalue weighted by molar-refractivity contribution is 0.248. The summed E-state index contributed by atoms with van der Waals surface area (Å²) >= 11 is 11.5. The van der Waals surface area contributed by atoms with Gasteiger partial charge in [0.2, 0.25) is 0 Å². The molecule has 2 rings (SSSR count). The maximum atomic E-state index is 11.7. The molecule has 0 unspecified atom stereocenters. The number of carbonyl (C=O) groups is 1. The van der Waals surface area contributed by atoms with Gasteiger partial charge in [-0.3, -0.25) is 0 Å². The van der Waals surface area contributed by atoms with Gasteiger partial charge in [-0.15, -0.1) is 0 Å². The Morgan fingerprint density at radius 2 is 1.78 bits per heavy atom. The standard InChI is InChI=1S/C12H14Cl2N2O2/c13-9-5-8(6-10(14)11(9)17)16-12(18)15-7-3-1-2-4-7/h5-7,17H,1-4H2,(H2,15,16,18). The third kappa shape index (κ3) is 3.21. The van der Waals surface area contributed by atoms with Crippen LogP contribution in [-0.2, 0) is 0 Å². The van der Waals surface area contributed by atoms with Gasteiger partial charge in [0.25, 0.3) is 0 Å². The van der Waals surface area contributed by atoms with Crippen molar-refractivity contribution in [2.75, 3.05) is 5.32 Å². The third-order valence-corrected chi connectivity index (χ3v) is 3.54. The quantitative estimate of drug-likeness (QED) is 0.726. The van der Waals surface area contributed by atoms with Gasteiger partial charge in [0.1, 0.15) is 0 Å². The molecule has 98 valence electrons. The lowest BCUT2D eigenvalue weighted by Gasteiger charge is -2.13. The summed E-state index contributed by atoms with van der Waals surface area (Å²) in [4.78, 5) is 11.7. The number of hydrogen-bond acceptors (Lipinski definition) is 2. The van der Waals surface area contributed by atoms with Crippen molar-refractivity contribution in [2.24, 2.45) is 0 Å². The van der Waals surface area contributed by atoms with Crippen LogP contribution < -0.4 is 10.6 Å². The van der Waals surface area contributed by atoms with Crippen LogP contribution in [0.4, 0.5) is 10.5 Å². The van der Waals surface area contributed by atoms with Crippen LogP contribution in [-0.4, -0.2) is 17.2 Å². The number of phenols is 1. The number of benzene rings is 1. The first kappa shape index (κ1) is 13.3. The van der Waals surface area contributed by atoms with Gasteiger partial charge in [-0.25, -0.2) is 4.79 Å². The van der Waals surface area contributed by atoms with E-state index in [-0.39, 0.29) is 27.9 Å². The van der Waals surface area contributed by atoms with Gasteiger partial charge in [-0.2, -0.15) is 0 Å². The molecule has 0 spiro atoms. The zero-order valence-electron chi connectivity index (χ0n) is 9.67. The van der Waals surface area contributed by atoms with E-state index in [0.717, 1.165) is 25.7 Å². The Bertz CT molecular complexity index is 436. The van der Waals surface area contributed by atoms with Crippen molar-refractivity contribution in [3.05, 3.63) is 22.2 Å². The van der Waals surface area contributed by atoms with Crippen LogP contribution in [0, 0.1) is 0 Å². The molecular weight excluding hydrogens is 275 g/mol. The lowest BCUT2D eigenvalue weighted by Crippen LogP contribution is -2.36. The molecule has 1 aromatic rings. The van der Waals surface area contributed by atoms with Crippen LogP contribution in [0.1, 0.15) is 25.7 Å². The van der Waals surface area contributed by atoms with Crippen molar-refractivity contribution in [3.8, 4) is 5.75 Å². The largest absolute Gasteiger partial charge is 0.505 e. The highest BCUT2D eigenvalue weighted by Crippen LogP contribution is 2.34. The third-order valence-electron chi connectivity index (χ3n) is 2.97. The Morgan fingerprint density at radius 3 is 2.33 bits per heavy atom. The van der Waals surface area contributed by atoms with Crippen LogP contribution in [0.2, 0.25) is 10.0 Å². The predicted octanol–water partition coefficient (Wildman–Crippen LogP) is 3.76. The van der Waals surface area contributed by atoms with E-state index in [1.165, 1.54) is 12.1 Å². The summed E-state index contributed by atoms with van der Waals surface area (Å²) in [6, 6.07) is 2.88. The minimum absolute atomic E-state index is 0.110. The van der Waals surface area contributed by atoms with E-state index < -0.39 is 0 Å². The van der Waals surface area contributed by atoms with Gasteiger partial charge in [0, 0.05) is 11.7 Å². The molecule has 4 nitrogen and oxygen atoms in total. The van der Waals surface area contributed by atoms with Crippen molar-refractivity contribution in [1.82, 2.24) is 5.32 Å². The maximum Gasteiger partial charge on any atom is 0.319 e. The average molecular weight is 289 g/mol. The number of nitrogens with one attached hydrogen (secondary N) is 2. The summed E-state index contributed by atoms with van der Waals surface area (Å²) in [6.45, 7) is 0. The molecule has 0 atom stereocenters. The fourth-order valence-corrected chi connectivity index (χ4v) is 2.55. The van der Waals surface area contributed by atoms with Crippen molar-refractivity contribution < 1.29 is 9.90 Å². The number of carbonyl (C=O) groups excluding carboxylic acids is 1. The van der Waals surface area contributed by atoms with E-state index in [2.05, 4.69) is 10.6 Å². The van der Waals surface area contributed by atoms with Crippen molar-refractivity contribution in [1.29, 1.82) is 0 Å². The number of urea groups is 1. The van der Waals surface area contributed by atoms with Gasteiger partial charge in [-0.05, 0) is 25.0 Å². The first-order chi connectivity index (χ1) is 8.56. The SMILES string of the molecule is O=C(Nc1cc(Cl)c(O)c(Cl)c1)NC1CCCC1. The molecule has 1 aliphatic carbocycles. The summed E-state index contributed by atoms with van der Waals surface area (Å²) in [5.74, 6) is -0.180. The number of rotatable bonds is 2. The molecule has 1 aromatic carbocycles. The molecule has 3 N–H and O–H groups in total. The second-order valence-corrected chi connectivity index (χ2v) is 5.18. The molecule has 0 saturated heterocycles. The molecule has 1 saturated carbocycles. The summed E-state index contributed by atoms with van der Waals surface area (Å²) in [5.41, 5.74) is 0.457. The average Bonchev–Trinajstić information content (AvgIpc) is 2.78. The molecule has 0 aromatic heterocycles. The second-order valence-electron chi connectivity index (χ2n) is 4.37. The summed E-state index contributed by atoms with van der Waals surface area (Å²) < 4.78 is 0. The highest BCUT2D eigenvalue weighted by Gasteiger charge is 2.17. The first-order valence-electron chi connectivity index (χ1n) is 5.82. The van der Waals surface area contributed by atoms with E-state index in [4.69, 9.17) is 23.2 Å². The zero-order valence-corrected chi connectivity index (χ0v) is 11.2. The van der Waals surface area contributed by atoms with Gasteiger partial charge < -0.3 is 15.7 Å². The van der Waals surface area contributed by atoms with E-state index >= 15 is 0 Å². The molecule has 18 heavy (non-hydrogen) atoms. The zero-order chi connectivity index (χ0) is 13.1. The van der Waals surface area contributed by atoms with Crippen molar-refractivity contribution in [2.45, 2.75) is 31.7 Å². The first-order valence-corrected chi connectivity index (χ1v) is 6.57. The van der Waals surface area contributed by atoms with E-state index in [1.807, 2.05) is 0 Å². The van der Waals surface area contributed by atoms with Crippen LogP contribution >= 0.6 is 23.2 Å². The Kier molecular flexibility index (Phi) is 4.19. The summed E-state index contributed by atoms with van der Waals surface area (Å²) in [5, 5.41) is 15.2. The van der Waals surface area contributed by atoms with Crippen molar-refractivity contribution >= 4 is 34.9 Å². The molecule has 0 radical (unpaired) electrons. The number of anilines is 1. The molecule has 1 fully saturated rings.